The van der Waals surface area contributed by atoms with Crippen LogP contribution in [0.5, 0.6) is 0 Å². The molecule has 192 valence electrons. The van der Waals surface area contributed by atoms with Crippen LogP contribution in [0.3, 0.4) is 0 Å². The molecule has 0 saturated heterocycles. The van der Waals surface area contributed by atoms with Crippen molar-refractivity contribution < 1.29 is 14.6 Å². The summed E-state index contributed by atoms with van der Waals surface area (Å²) in [5, 5.41) is 11.5. The van der Waals surface area contributed by atoms with Gasteiger partial charge in [0, 0.05) is 18.8 Å². The quantitative estimate of drug-likeness (QED) is 0.249. The van der Waals surface area contributed by atoms with E-state index in [0.717, 1.165) is 19.3 Å². The molecule has 0 radical (unpaired) electrons. The first-order valence-corrected chi connectivity index (χ1v) is 14.2. The highest BCUT2D eigenvalue weighted by Crippen LogP contribution is 2.68. The minimum Gasteiger partial charge on any atom is -0.462 e. The second kappa shape index (κ2) is 9.25. The molecule has 3 nitrogen and oxygen atoms in total. The third kappa shape index (κ3) is 4.11. The van der Waals surface area contributed by atoms with Gasteiger partial charge >= 0.3 is 5.97 Å². The van der Waals surface area contributed by atoms with Crippen LogP contribution in [0.1, 0.15) is 93.4 Å². The Balaban J connectivity index is 1.59. The zero-order valence-corrected chi connectivity index (χ0v) is 23.2. The van der Waals surface area contributed by atoms with E-state index in [0.29, 0.717) is 47.3 Å². The number of hydrogen-bond donors (Lipinski definition) is 1. The monoisotopic (exact) mass is 490 g/mol. The van der Waals surface area contributed by atoms with Crippen molar-refractivity contribution in [3.63, 3.8) is 0 Å². The summed E-state index contributed by atoms with van der Waals surface area (Å²) in [4.78, 5) is 11.6. The predicted octanol–water partition coefficient (Wildman–Crippen LogP) is 7.31. The average molecular weight is 491 g/mol. The van der Waals surface area contributed by atoms with E-state index < -0.39 is 11.0 Å². The van der Waals surface area contributed by atoms with Gasteiger partial charge in [-0.1, -0.05) is 65.3 Å². The molecule has 0 aromatic rings. The van der Waals surface area contributed by atoms with E-state index in [9.17, 15) is 9.90 Å². The number of carbonyl (C=O) groups excluding carboxylic acids is 1. The standard InChI is InChI=1S/C30H47ClO3/c1-18(2)19(3)8-9-20(4)24-10-11-25-23-16-27(31)30(33)17-22(34-21(5)32)12-15-29(30,7)26(23)13-14-28(24,25)6/h8-9,16,18-20,22,24-27,33H,10-15,17H2,1-7H3/b9-8+/t19-,20+,22-,24+,25-,26-,27-,28+,29+,30-/m0/s1. The molecule has 0 spiro atoms. The number of ether oxygens (including phenoxy) is 1. The number of fused-ring (bicyclic) bond motifs is 5. The van der Waals surface area contributed by atoms with Gasteiger partial charge in [0.25, 0.3) is 0 Å². The SMILES string of the molecule is CC(=O)O[C@H]1CC[C@]2(C)[C@H]3CC[C@]4(C)[C@@H]([C@H](C)/C=C/[C@H](C)C(C)C)CC[C@H]4C3=C[C@H](Cl)[C@@]2(O)C1. The molecule has 0 unspecified atom stereocenters. The van der Waals surface area contributed by atoms with Crippen molar-refractivity contribution >= 4 is 17.6 Å². The molecule has 4 aliphatic rings. The summed E-state index contributed by atoms with van der Waals surface area (Å²) in [6, 6.07) is 0. The maximum absolute atomic E-state index is 12.0. The lowest BCUT2D eigenvalue weighted by Crippen LogP contribution is -2.64. The van der Waals surface area contributed by atoms with E-state index in [4.69, 9.17) is 16.3 Å². The van der Waals surface area contributed by atoms with Gasteiger partial charge in [0.15, 0.2) is 0 Å². The van der Waals surface area contributed by atoms with Crippen molar-refractivity contribution in [2.45, 2.75) is 110 Å². The fraction of sp³-hybridized carbons (Fsp3) is 0.833. The number of hydrogen-bond acceptors (Lipinski definition) is 3. The van der Waals surface area contributed by atoms with Crippen molar-refractivity contribution in [3.05, 3.63) is 23.8 Å². The zero-order valence-electron chi connectivity index (χ0n) is 22.4. The number of carbonyl (C=O) groups is 1. The van der Waals surface area contributed by atoms with Gasteiger partial charge in [-0.3, -0.25) is 4.79 Å². The van der Waals surface area contributed by atoms with Crippen LogP contribution in [0, 0.1) is 46.3 Å². The summed E-state index contributed by atoms with van der Waals surface area (Å²) >= 11 is 7.01. The molecule has 1 N–H and O–H groups in total. The molecule has 4 rings (SSSR count). The highest BCUT2D eigenvalue weighted by Gasteiger charge is 2.65. The first kappa shape index (κ1) is 26.3. The maximum Gasteiger partial charge on any atom is 0.302 e. The van der Waals surface area contributed by atoms with Crippen LogP contribution < -0.4 is 0 Å². The van der Waals surface area contributed by atoms with Crippen LogP contribution in [0.25, 0.3) is 0 Å². The molecule has 0 bridgehead atoms. The Bertz CT molecular complexity index is 848. The molecule has 0 aromatic heterocycles. The number of esters is 1. The maximum atomic E-state index is 12.0. The summed E-state index contributed by atoms with van der Waals surface area (Å²) in [7, 11) is 0. The normalized spacial score (nSPS) is 45.8. The number of rotatable bonds is 5. The highest BCUT2D eigenvalue weighted by atomic mass is 35.5. The Labute approximate surface area is 212 Å². The zero-order chi connectivity index (χ0) is 25.1. The molecule has 34 heavy (non-hydrogen) atoms. The first-order chi connectivity index (χ1) is 15.8. The van der Waals surface area contributed by atoms with Crippen molar-refractivity contribution in [2.75, 3.05) is 0 Å². The van der Waals surface area contributed by atoms with Crippen LogP contribution in [-0.2, 0) is 9.53 Å². The van der Waals surface area contributed by atoms with Crippen molar-refractivity contribution in [3.8, 4) is 0 Å². The largest absolute Gasteiger partial charge is 0.462 e. The molecule has 0 amide bonds. The van der Waals surface area contributed by atoms with Crippen LogP contribution in [-0.4, -0.2) is 28.2 Å². The van der Waals surface area contributed by atoms with E-state index in [1.54, 1.807) is 0 Å². The number of alkyl halides is 1. The molecule has 4 heteroatoms. The van der Waals surface area contributed by atoms with Gasteiger partial charge in [0.05, 0.1) is 11.0 Å². The summed E-state index contributed by atoms with van der Waals surface area (Å²) in [6.45, 7) is 15.6. The van der Waals surface area contributed by atoms with Gasteiger partial charge in [-0.2, -0.15) is 0 Å². The highest BCUT2D eigenvalue weighted by molar-refractivity contribution is 6.22. The molecule has 3 fully saturated rings. The van der Waals surface area contributed by atoms with Gasteiger partial charge in [0.1, 0.15) is 6.10 Å². The fourth-order valence-corrected chi connectivity index (χ4v) is 8.91. The molecule has 4 aliphatic carbocycles. The minimum atomic E-state index is -1.03. The second-order valence-corrected chi connectivity index (χ2v) is 13.5. The van der Waals surface area contributed by atoms with E-state index in [-0.39, 0.29) is 17.5 Å². The van der Waals surface area contributed by atoms with Crippen LogP contribution >= 0.6 is 11.6 Å². The number of halogens is 1. The van der Waals surface area contributed by atoms with E-state index in [1.165, 1.54) is 31.8 Å². The first-order valence-electron chi connectivity index (χ1n) is 13.8. The van der Waals surface area contributed by atoms with Crippen molar-refractivity contribution in [1.82, 2.24) is 0 Å². The molecule has 0 heterocycles. The summed E-state index contributed by atoms with van der Waals surface area (Å²) in [6.07, 6.45) is 13.9. The number of aliphatic hydroxyl groups is 1. The molecular weight excluding hydrogens is 444 g/mol. The summed E-state index contributed by atoms with van der Waals surface area (Å²) < 4.78 is 5.53. The minimum absolute atomic E-state index is 0.239. The third-order valence-electron chi connectivity index (χ3n) is 11.0. The summed E-state index contributed by atoms with van der Waals surface area (Å²) in [5.74, 6) is 3.22. The predicted molar refractivity (Wildman–Crippen MR) is 140 cm³/mol. The Morgan fingerprint density at radius 1 is 1.09 bits per heavy atom. The second-order valence-electron chi connectivity index (χ2n) is 13.1. The van der Waals surface area contributed by atoms with Crippen molar-refractivity contribution in [1.29, 1.82) is 0 Å². The van der Waals surface area contributed by atoms with Crippen molar-refractivity contribution in [2.24, 2.45) is 46.3 Å². The van der Waals surface area contributed by atoms with Gasteiger partial charge in [-0.25, -0.2) is 0 Å². The third-order valence-corrected chi connectivity index (χ3v) is 11.5. The Hall–Kier alpha value is -0.800. The molecule has 0 aliphatic heterocycles. The van der Waals surface area contributed by atoms with Gasteiger partial charge in [0.2, 0.25) is 0 Å². The van der Waals surface area contributed by atoms with Crippen LogP contribution in [0.4, 0.5) is 0 Å². The number of allylic oxidation sites excluding steroid dienone is 3. The lowest BCUT2D eigenvalue weighted by molar-refractivity contribution is -0.182. The fourth-order valence-electron chi connectivity index (χ4n) is 8.43. The molecule has 0 aromatic carbocycles. The molecule has 3 saturated carbocycles. The topological polar surface area (TPSA) is 46.5 Å². The lowest BCUT2D eigenvalue weighted by atomic mass is 9.46. The summed E-state index contributed by atoms with van der Waals surface area (Å²) in [5.41, 5.74) is 0.527. The average Bonchev–Trinajstić information content (AvgIpc) is 3.11. The Morgan fingerprint density at radius 3 is 2.44 bits per heavy atom. The van der Waals surface area contributed by atoms with E-state index in [2.05, 4.69) is 59.8 Å². The van der Waals surface area contributed by atoms with Crippen LogP contribution in [0.2, 0.25) is 0 Å². The van der Waals surface area contributed by atoms with E-state index in [1.807, 2.05) is 0 Å². The molecular formula is C30H47ClO3. The van der Waals surface area contributed by atoms with E-state index >= 15 is 0 Å². The lowest BCUT2D eigenvalue weighted by Gasteiger charge is -2.62. The van der Waals surface area contributed by atoms with Gasteiger partial charge in [-0.15, -0.1) is 11.6 Å². The van der Waals surface area contributed by atoms with Gasteiger partial charge < -0.3 is 9.84 Å². The molecule has 10 atom stereocenters. The van der Waals surface area contributed by atoms with Gasteiger partial charge in [-0.05, 0) is 79.4 Å². The Morgan fingerprint density at radius 2 is 1.79 bits per heavy atom. The Kier molecular flexibility index (Phi) is 7.15. The van der Waals surface area contributed by atoms with Crippen LogP contribution in [0.15, 0.2) is 23.8 Å². The smallest absolute Gasteiger partial charge is 0.302 e.